The standard InChI is InChI=1S/C21H13ClN2O4/c22-14-8-9-16(15(11-14)19(25)13-5-2-1-3-6-13)23-12-17-21(26)28-20(24-17)18-7-4-10-27-18/h1-12,26H. The summed E-state index contributed by atoms with van der Waals surface area (Å²) in [7, 11) is 0. The summed E-state index contributed by atoms with van der Waals surface area (Å²) in [6.07, 6.45) is 2.79. The zero-order valence-electron chi connectivity index (χ0n) is 14.4. The van der Waals surface area contributed by atoms with Crippen molar-refractivity contribution in [2.45, 2.75) is 0 Å². The maximum Gasteiger partial charge on any atom is 0.312 e. The molecule has 1 N–H and O–H groups in total. The summed E-state index contributed by atoms with van der Waals surface area (Å²) >= 11 is 6.07. The van der Waals surface area contributed by atoms with Crippen molar-refractivity contribution in [1.82, 2.24) is 4.98 Å². The number of rotatable bonds is 5. The summed E-state index contributed by atoms with van der Waals surface area (Å²) in [6, 6.07) is 17.0. The Morgan fingerprint density at radius 2 is 1.93 bits per heavy atom. The number of furan rings is 1. The van der Waals surface area contributed by atoms with Gasteiger partial charge in [-0.05, 0) is 30.3 Å². The van der Waals surface area contributed by atoms with Gasteiger partial charge in [-0.1, -0.05) is 41.9 Å². The highest BCUT2D eigenvalue weighted by Crippen LogP contribution is 2.28. The van der Waals surface area contributed by atoms with Crippen LogP contribution in [0.3, 0.4) is 0 Å². The Morgan fingerprint density at radius 1 is 1.11 bits per heavy atom. The van der Waals surface area contributed by atoms with E-state index in [0.717, 1.165) is 0 Å². The van der Waals surface area contributed by atoms with Gasteiger partial charge in [0.15, 0.2) is 17.2 Å². The largest absolute Gasteiger partial charge is 0.479 e. The highest BCUT2D eigenvalue weighted by Gasteiger charge is 2.16. The van der Waals surface area contributed by atoms with Crippen LogP contribution < -0.4 is 0 Å². The Labute approximate surface area is 164 Å². The van der Waals surface area contributed by atoms with Crippen LogP contribution in [0.1, 0.15) is 21.6 Å². The topological polar surface area (TPSA) is 88.8 Å². The fourth-order valence-electron chi connectivity index (χ4n) is 2.59. The Kier molecular flexibility index (Phi) is 4.78. The molecule has 2 heterocycles. The van der Waals surface area contributed by atoms with Crippen LogP contribution in [-0.2, 0) is 0 Å². The van der Waals surface area contributed by atoms with Crippen molar-refractivity contribution >= 4 is 29.3 Å². The molecule has 0 bridgehead atoms. The van der Waals surface area contributed by atoms with E-state index in [2.05, 4.69) is 9.98 Å². The summed E-state index contributed by atoms with van der Waals surface area (Å²) in [4.78, 5) is 21.3. The van der Waals surface area contributed by atoms with Gasteiger partial charge >= 0.3 is 5.95 Å². The van der Waals surface area contributed by atoms with Crippen molar-refractivity contribution in [3.05, 3.63) is 88.8 Å². The van der Waals surface area contributed by atoms with Crippen LogP contribution in [-0.4, -0.2) is 22.1 Å². The number of aliphatic imine (C=N–C) groups is 1. The molecule has 2 aromatic heterocycles. The molecule has 6 nitrogen and oxygen atoms in total. The Hall–Kier alpha value is -3.64. The van der Waals surface area contributed by atoms with E-state index in [1.54, 1.807) is 54.6 Å². The molecule has 7 heteroatoms. The number of aromatic nitrogens is 1. The molecular weight excluding hydrogens is 380 g/mol. The zero-order chi connectivity index (χ0) is 19.5. The van der Waals surface area contributed by atoms with Crippen molar-refractivity contribution in [1.29, 1.82) is 0 Å². The number of benzene rings is 2. The van der Waals surface area contributed by atoms with E-state index in [1.807, 2.05) is 6.07 Å². The molecule has 0 atom stereocenters. The quantitative estimate of drug-likeness (QED) is 0.369. The molecule has 0 fully saturated rings. The fraction of sp³-hybridized carbons (Fsp3) is 0. The Morgan fingerprint density at radius 3 is 2.68 bits per heavy atom. The molecule has 0 aliphatic rings. The predicted octanol–water partition coefficient (Wildman–Crippen LogP) is 5.28. The third-order valence-corrected chi connectivity index (χ3v) is 4.17. The van der Waals surface area contributed by atoms with Gasteiger partial charge in [-0.25, -0.2) is 4.98 Å². The molecule has 0 spiro atoms. The number of aromatic hydroxyl groups is 1. The van der Waals surface area contributed by atoms with E-state index < -0.39 is 5.95 Å². The average Bonchev–Trinajstić information content (AvgIpc) is 3.37. The first-order valence-electron chi connectivity index (χ1n) is 8.29. The van der Waals surface area contributed by atoms with Crippen LogP contribution in [0.4, 0.5) is 5.69 Å². The Balaban J connectivity index is 1.68. The Bertz CT molecular complexity index is 1150. The first kappa shape index (κ1) is 17.8. The maximum absolute atomic E-state index is 12.8. The minimum Gasteiger partial charge on any atom is -0.479 e. The van der Waals surface area contributed by atoms with Crippen molar-refractivity contribution in [3.63, 3.8) is 0 Å². The van der Waals surface area contributed by atoms with E-state index in [0.29, 0.717) is 27.6 Å². The van der Waals surface area contributed by atoms with Gasteiger partial charge in [-0.3, -0.25) is 9.79 Å². The van der Waals surface area contributed by atoms with Gasteiger partial charge in [0, 0.05) is 16.1 Å². The summed E-state index contributed by atoms with van der Waals surface area (Å²) in [5, 5.41) is 10.4. The minimum absolute atomic E-state index is 0.111. The molecule has 2 aromatic carbocycles. The summed E-state index contributed by atoms with van der Waals surface area (Å²) in [5.74, 6) is -0.113. The molecule has 0 saturated heterocycles. The third kappa shape index (κ3) is 3.58. The van der Waals surface area contributed by atoms with Gasteiger partial charge in [0.05, 0.1) is 18.2 Å². The second kappa shape index (κ2) is 7.54. The van der Waals surface area contributed by atoms with Crippen molar-refractivity contribution in [2.75, 3.05) is 0 Å². The molecule has 0 aliphatic heterocycles. The lowest BCUT2D eigenvalue weighted by Gasteiger charge is -2.05. The summed E-state index contributed by atoms with van der Waals surface area (Å²) in [5.41, 5.74) is 1.36. The van der Waals surface area contributed by atoms with Gasteiger partial charge in [-0.2, -0.15) is 0 Å². The molecule has 0 radical (unpaired) electrons. The lowest BCUT2D eigenvalue weighted by Crippen LogP contribution is -2.01. The highest BCUT2D eigenvalue weighted by molar-refractivity contribution is 6.31. The number of oxazole rings is 1. The molecule has 4 aromatic rings. The predicted molar refractivity (Wildman–Crippen MR) is 104 cm³/mol. The van der Waals surface area contributed by atoms with E-state index >= 15 is 0 Å². The number of halogens is 1. The molecule has 4 rings (SSSR count). The number of hydrogen-bond donors (Lipinski definition) is 1. The highest BCUT2D eigenvalue weighted by atomic mass is 35.5. The number of carbonyl (C=O) groups excluding carboxylic acids is 1. The van der Waals surface area contributed by atoms with Crippen LogP contribution in [0, 0.1) is 0 Å². The van der Waals surface area contributed by atoms with Gasteiger partial charge in [0.2, 0.25) is 0 Å². The lowest BCUT2D eigenvalue weighted by molar-refractivity contribution is 0.103. The second-order valence-corrected chi connectivity index (χ2v) is 6.24. The number of carbonyl (C=O) groups is 1. The lowest BCUT2D eigenvalue weighted by atomic mass is 10.0. The normalized spacial score (nSPS) is 11.2. The molecule has 0 unspecified atom stereocenters. The van der Waals surface area contributed by atoms with Crippen LogP contribution in [0.15, 0.2) is 80.8 Å². The van der Waals surface area contributed by atoms with Crippen molar-refractivity contribution in [3.8, 4) is 17.6 Å². The van der Waals surface area contributed by atoms with Gasteiger partial charge < -0.3 is 13.9 Å². The smallest absolute Gasteiger partial charge is 0.312 e. The average molecular weight is 393 g/mol. The number of ketones is 1. The first-order chi connectivity index (χ1) is 13.6. The van der Waals surface area contributed by atoms with E-state index in [4.69, 9.17) is 20.4 Å². The van der Waals surface area contributed by atoms with Gasteiger partial charge in [-0.15, -0.1) is 0 Å². The van der Waals surface area contributed by atoms with Gasteiger partial charge in [0.25, 0.3) is 5.89 Å². The molecule has 0 saturated carbocycles. The van der Waals surface area contributed by atoms with E-state index in [9.17, 15) is 9.90 Å². The van der Waals surface area contributed by atoms with Gasteiger partial charge in [0.1, 0.15) is 0 Å². The monoisotopic (exact) mass is 392 g/mol. The SMILES string of the molecule is O=C(c1ccccc1)c1cc(Cl)ccc1N=Cc1nc(-c2ccco2)oc1O. The zero-order valence-corrected chi connectivity index (χ0v) is 15.1. The first-order valence-corrected chi connectivity index (χ1v) is 8.66. The number of hydrogen-bond acceptors (Lipinski definition) is 6. The summed E-state index contributed by atoms with van der Waals surface area (Å²) < 4.78 is 10.4. The second-order valence-electron chi connectivity index (χ2n) is 5.80. The van der Waals surface area contributed by atoms with E-state index in [-0.39, 0.29) is 17.4 Å². The van der Waals surface area contributed by atoms with Crippen molar-refractivity contribution in [2.24, 2.45) is 4.99 Å². The molecule has 28 heavy (non-hydrogen) atoms. The van der Waals surface area contributed by atoms with Crippen LogP contribution >= 0.6 is 11.6 Å². The molecule has 0 amide bonds. The minimum atomic E-state index is -0.403. The third-order valence-electron chi connectivity index (χ3n) is 3.93. The fourth-order valence-corrected chi connectivity index (χ4v) is 2.76. The summed E-state index contributed by atoms with van der Waals surface area (Å²) in [6.45, 7) is 0. The molecule has 0 aliphatic carbocycles. The van der Waals surface area contributed by atoms with Crippen LogP contribution in [0.5, 0.6) is 5.95 Å². The van der Waals surface area contributed by atoms with E-state index in [1.165, 1.54) is 12.5 Å². The number of nitrogens with zero attached hydrogens (tertiary/aromatic N) is 2. The van der Waals surface area contributed by atoms with Crippen LogP contribution in [0.2, 0.25) is 5.02 Å². The maximum atomic E-state index is 12.8. The van der Waals surface area contributed by atoms with Crippen molar-refractivity contribution < 1.29 is 18.7 Å². The molecular formula is C21H13ClN2O4. The van der Waals surface area contributed by atoms with Crippen LogP contribution in [0.25, 0.3) is 11.7 Å². The molecule has 138 valence electrons.